The van der Waals surface area contributed by atoms with Gasteiger partial charge in [0, 0.05) is 12.1 Å². The summed E-state index contributed by atoms with van der Waals surface area (Å²) in [6.45, 7) is 0. The first-order chi connectivity index (χ1) is 7.53. The highest BCUT2D eigenvalue weighted by Crippen LogP contribution is 2.34. The highest BCUT2D eigenvalue weighted by Gasteiger charge is 2.44. The molecule has 92 valence electrons. The molecule has 2 aliphatic carbocycles. The van der Waals surface area contributed by atoms with E-state index in [-0.39, 0.29) is 5.91 Å². The minimum atomic E-state index is -0.436. The first-order valence-electron chi connectivity index (χ1n) is 6.27. The van der Waals surface area contributed by atoms with Crippen LogP contribution in [0.25, 0.3) is 0 Å². The van der Waals surface area contributed by atoms with Gasteiger partial charge >= 0.3 is 0 Å². The first kappa shape index (κ1) is 11.9. The largest absolute Gasteiger partial charge is 0.368 e. The number of carbonyl (C=O) groups is 1. The van der Waals surface area contributed by atoms with Crippen molar-refractivity contribution < 1.29 is 4.79 Å². The van der Waals surface area contributed by atoms with Gasteiger partial charge in [-0.05, 0) is 52.6 Å². The predicted octanol–water partition coefficient (Wildman–Crippen LogP) is 0.467. The number of nitrogens with one attached hydrogen (secondary N) is 1. The van der Waals surface area contributed by atoms with E-state index in [0.29, 0.717) is 12.1 Å². The number of nitrogens with zero attached hydrogens (tertiary/aromatic N) is 1. The standard InChI is InChI=1S/C12H23N3O/c1-15(2)10-4-3-7-12(8-10,11(13)16)14-9-5-6-9/h9-10,14H,3-8H2,1-2H3,(H2,13,16). The molecule has 3 N–H and O–H groups in total. The maximum absolute atomic E-state index is 11.7. The molecule has 2 unspecified atom stereocenters. The lowest BCUT2D eigenvalue weighted by Gasteiger charge is -2.41. The quantitative estimate of drug-likeness (QED) is 0.731. The summed E-state index contributed by atoms with van der Waals surface area (Å²) in [5.74, 6) is -0.161. The average molecular weight is 225 g/mol. The summed E-state index contributed by atoms with van der Waals surface area (Å²) in [6, 6.07) is 1.01. The Balaban J connectivity index is 2.07. The van der Waals surface area contributed by atoms with Crippen LogP contribution in [0.4, 0.5) is 0 Å². The topological polar surface area (TPSA) is 58.4 Å². The summed E-state index contributed by atoms with van der Waals surface area (Å²) < 4.78 is 0. The van der Waals surface area contributed by atoms with Gasteiger partial charge in [0.2, 0.25) is 5.91 Å². The van der Waals surface area contributed by atoms with Crippen molar-refractivity contribution in [3.8, 4) is 0 Å². The van der Waals surface area contributed by atoms with Crippen LogP contribution in [-0.4, -0.2) is 42.5 Å². The molecule has 0 aromatic rings. The van der Waals surface area contributed by atoms with E-state index in [1.165, 1.54) is 19.3 Å². The molecule has 0 bridgehead atoms. The SMILES string of the molecule is CN(C)C1CCCC(NC2CC2)(C(N)=O)C1. The second-order valence-electron chi connectivity index (χ2n) is 5.58. The summed E-state index contributed by atoms with van der Waals surface area (Å²) in [6.07, 6.45) is 6.43. The molecular formula is C12H23N3O. The second kappa shape index (κ2) is 4.34. The van der Waals surface area contributed by atoms with Crippen molar-refractivity contribution >= 4 is 5.91 Å². The van der Waals surface area contributed by atoms with E-state index >= 15 is 0 Å². The molecule has 0 spiro atoms. The van der Waals surface area contributed by atoms with E-state index in [1.54, 1.807) is 0 Å². The van der Waals surface area contributed by atoms with Crippen LogP contribution < -0.4 is 11.1 Å². The van der Waals surface area contributed by atoms with Gasteiger partial charge in [0.1, 0.15) is 0 Å². The number of primary amides is 1. The Bertz CT molecular complexity index is 275. The fourth-order valence-electron chi connectivity index (χ4n) is 2.73. The van der Waals surface area contributed by atoms with Crippen LogP contribution in [0.3, 0.4) is 0 Å². The van der Waals surface area contributed by atoms with E-state index in [2.05, 4.69) is 24.3 Å². The van der Waals surface area contributed by atoms with Gasteiger partial charge < -0.3 is 16.0 Å². The van der Waals surface area contributed by atoms with Crippen LogP contribution >= 0.6 is 0 Å². The number of rotatable bonds is 4. The number of amides is 1. The molecule has 2 atom stereocenters. The Kier molecular flexibility index (Phi) is 3.22. The van der Waals surface area contributed by atoms with Gasteiger partial charge in [0.15, 0.2) is 0 Å². The molecule has 4 heteroatoms. The molecule has 0 heterocycles. The number of hydrogen-bond acceptors (Lipinski definition) is 3. The predicted molar refractivity (Wildman–Crippen MR) is 64.0 cm³/mol. The number of carbonyl (C=O) groups excluding carboxylic acids is 1. The third kappa shape index (κ3) is 2.38. The lowest BCUT2D eigenvalue weighted by Crippen LogP contribution is -2.60. The molecule has 4 nitrogen and oxygen atoms in total. The molecule has 0 aromatic heterocycles. The molecular weight excluding hydrogens is 202 g/mol. The van der Waals surface area contributed by atoms with Gasteiger partial charge in [0.25, 0.3) is 0 Å². The van der Waals surface area contributed by atoms with Crippen LogP contribution in [0.1, 0.15) is 38.5 Å². The van der Waals surface area contributed by atoms with Gasteiger partial charge in [-0.1, -0.05) is 0 Å². The number of nitrogens with two attached hydrogens (primary N) is 1. The van der Waals surface area contributed by atoms with Crippen molar-refractivity contribution in [3.63, 3.8) is 0 Å². The highest BCUT2D eigenvalue weighted by molar-refractivity contribution is 5.85. The second-order valence-corrected chi connectivity index (χ2v) is 5.58. The molecule has 1 amide bonds. The fourth-order valence-corrected chi connectivity index (χ4v) is 2.73. The monoisotopic (exact) mass is 225 g/mol. The van der Waals surface area contributed by atoms with Crippen molar-refractivity contribution in [1.82, 2.24) is 10.2 Å². The zero-order valence-corrected chi connectivity index (χ0v) is 10.3. The molecule has 2 saturated carbocycles. The van der Waals surface area contributed by atoms with Crippen LogP contribution in [0.15, 0.2) is 0 Å². The van der Waals surface area contributed by atoms with Crippen molar-refractivity contribution in [1.29, 1.82) is 0 Å². The van der Waals surface area contributed by atoms with Crippen molar-refractivity contribution in [2.45, 2.75) is 56.1 Å². The Labute approximate surface area is 97.6 Å². The van der Waals surface area contributed by atoms with E-state index in [0.717, 1.165) is 19.3 Å². The third-order valence-corrected chi connectivity index (χ3v) is 3.98. The van der Waals surface area contributed by atoms with Crippen LogP contribution in [0.2, 0.25) is 0 Å². The third-order valence-electron chi connectivity index (χ3n) is 3.98. The minimum absolute atomic E-state index is 0.161. The van der Waals surface area contributed by atoms with Gasteiger partial charge in [-0.25, -0.2) is 0 Å². The Morgan fingerprint density at radius 2 is 2.06 bits per heavy atom. The highest BCUT2D eigenvalue weighted by atomic mass is 16.1. The molecule has 2 fully saturated rings. The normalized spacial score (nSPS) is 35.3. The smallest absolute Gasteiger partial charge is 0.237 e. The molecule has 0 radical (unpaired) electrons. The Morgan fingerprint density at radius 3 is 2.56 bits per heavy atom. The van der Waals surface area contributed by atoms with Crippen LogP contribution in [-0.2, 0) is 4.79 Å². The van der Waals surface area contributed by atoms with Crippen LogP contribution in [0.5, 0.6) is 0 Å². The zero-order valence-electron chi connectivity index (χ0n) is 10.3. The Hall–Kier alpha value is -0.610. The zero-order chi connectivity index (χ0) is 11.8. The summed E-state index contributed by atoms with van der Waals surface area (Å²) in [4.78, 5) is 14.0. The maximum atomic E-state index is 11.7. The summed E-state index contributed by atoms with van der Waals surface area (Å²) in [5.41, 5.74) is 5.18. The molecule has 16 heavy (non-hydrogen) atoms. The fraction of sp³-hybridized carbons (Fsp3) is 0.917. The lowest BCUT2D eigenvalue weighted by atomic mass is 9.78. The average Bonchev–Trinajstić information content (AvgIpc) is 3.01. The van der Waals surface area contributed by atoms with Crippen LogP contribution in [0, 0.1) is 0 Å². The first-order valence-corrected chi connectivity index (χ1v) is 6.27. The summed E-state index contributed by atoms with van der Waals surface area (Å²) in [7, 11) is 4.16. The molecule has 0 saturated heterocycles. The van der Waals surface area contributed by atoms with Gasteiger partial charge in [-0.3, -0.25) is 4.79 Å². The molecule has 0 aromatic carbocycles. The lowest BCUT2D eigenvalue weighted by molar-refractivity contribution is -0.126. The molecule has 2 rings (SSSR count). The van der Waals surface area contributed by atoms with Gasteiger partial charge in [-0.15, -0.1) is 0 Å². The van der Waals surface area contributed by atoms with E-state index in [4.69, 9.17) is 5.73 Å². The van der Waals surface area contributed by atoms with E-state index in [1.807, 2.05) is 0 Å². The van der Waals surface area contributed by atoms with Gasteiger partial charge in [-0.2, -0.15) is 0 Å². The summed E-state index contributed by atoms with van der Waals surface area (Å²) >= 11 is 0. The van der Waals surface area contributed by atoms with Crippen molar-refractivity contribution in [3.05, 3.63) is 0 Å². The molecule has 2 aliphatic rings. The summed E-state index contributed by atoms with van der Waals surface area (Å²) in [5, 5.41) is 3.49. The van der Waals surface area contributed by atoms with Crippen molar-refractivity contribution in [2.75, 3.05) is 14.1 Å². The number of hydrogen-bond donors (Lipinski definition) is 2. The van der Waals surface area contributed by atoms with Gasteiger partial charge in [0.05, 0.1) is 5.54 Å². The minimum Gasteiger partial charge on any atom is -0.368 e. The maximum Gasteiger partial charge on any atom is 0.237 e. The van der Waals surface area contributed by atoms with E-state index in [9.17, 15) is 4.79 Å². The van der Waals surface area contributed by atoms with E-state index < -0.39 is 5.54 Å². The molecule has 0 aliphatic heterocycles. The van der Waals surface area contributed by atoms with Crippen molar-refractivity contribution in [2.24, 2.45) is 5.73 Å². The Morgan fingerprint density at radius 1 is 1.38 bits per heavy atom.